The van der Waals surface area contributed by atoms with Gasteiger partial charge in [-0.2, -0.15) is 0 Å². The molecule has 0 aromatic rings. The lowest BCUT2D eigenvalue weighted by atomic mass is 9.92. The van der Waals surface area contributed by atoms with Crippen LogP contribution in [-0.2, 0) is 4.79 Å². The Morgan fingerprint density at radius 2 is 2.07 bits per heavy atom. The van der Waals surface area contributed by atoms with E-state index in [2.05, 4.69) is 10.6 Å². The maximum atomic E-state index is 11.5. The van der Waals surface area contributed by atoms with Crippen LogP contribution in [0.15, 0.2) is 0 Å². The van der Waals surface area contributed by atoms with Gasteiger partial charge in [-0.3, -0.25) is 4.79 Å². The molecule has 2 atom stereocenters. The number of rotatable bonds is 4. The topological polar surface area (TPSA) is 61.4 Å². The second-order valence-electron chi connectivity index (χ2n) is 4.56. The Labute approximate surface area is 91.4 Å². The van der Waals surface area contributed by atoms with Gasteiger partial charge in [0.1, 0.15) is 0 Å². The van der Waals surface area contributed by atoms with Crippen LogP contribution in [0, 0.1) is 0 Å². The van der Waals surface area contributed by atoms with Crippen molar-refractivity contribution in [2.45, 2.75) is 57.7 Å². The van der Waals surface area contributed by atoms with E-state index in [1.54, 1.807) is 0 Å². The number of carbonyl (C=O) groups is 1. The van der Waals surface area contributed by atoms with Crippen molar-refractivity contribution in [3.8, 4) is 0 Å². The summed E-state index contributed by atoms with van der Waals surface area (Å²) in [5, 5.41) is 15.6. The average molecular weight is 214 g/mol. The van der Waals surface area contributed by atoms with Gasteiger partial charge in [0.15, 0.2) is 0 Å². The molecule has 0 heterocycles. The molecule has 1 aliphatic carbocycles. The Hall–Kier alpha value is -0.610. The first-order valence-corrected chi connectivity index (χ1v) is 5.80. The Morgan fingerprint density at radius 3 is 2.67 bits per heavy atom. The van der Waals surface area contributed by atoms with E-state index in [1.165, 1.54) is 0 Å². The molecule has 1 aliphatic rings. The summed E-state index contributed by atoms with van der Waals surface area (Å²) in [6.45, 7) is 4.34. The van der Waals surface area contributed by atoms with Gasteiger partial charge in [-0.15, -0.1) is 0 Å². The highest BCUT2D eigenvalue weighted by molar-refractivity contribution is 5.78. The van der Waals surface area contributed by atoms with E-state index in [0.717, 1.165) is 25.7 Å². The summed E-state index contributed by atoms with van der Waals surface area (Å²) in [7, 11) is 0. The minimum Gasteiger partial charge on any atom is -0.391 e. The zero-order valence-corrected chi connectivity index (χ0v) is 9.62. The van der Waals surface area contributed by atoms with Gasteiger partial charge < -0.3 is 15.7 Å². The van der Waals surface area contributed by atoms with Crippen molar-refractivity contribution in [2.24, 2.45) is 0 Å². The summed E-state index contributed by atoms with van der Waals surface area (Å²) in [5.41, 5.74) is 0. The molecule has 1 fully saturated rings. The minimum absolute atomic E-state index is 0.0188. The predicted octanol–water partition coefficient (Wildman–Crippen LogP) is 0.404. The average Bonchev–Trinajstić information content (AvgIpc) is 2.18. The molecule has 1 saturated carbocycles. The van der Waals surface area contributed by atoms with Gasteiger partial charge in [0.25, 0.3) is 0 Å². The molecule has 88 valence electrons. The highest BCUT2D eigenvalue weighted by Crippen LogP contribution is 2.17. The predicted molar refractivity (Wildman–Crippen MR) is 59.5 cm³/mol. The van der Waals surface area contributed by atoms with E-state index < -0.39 is 0 Å². The molecular weight excluding hydrogens is 192 g/mol. The van der Waals surface area contributed by atoms with E-state index in [4.69, 9.17) is 0 Å². The van der Waals surface area contributed by atoms with Crippen LogP contribution in [0.5, 0.6) is 0 Å². The van der Waals surface area contributed by atoms with Gasteiger partial charge in [0.2, 0.25) is 5.91 Å². The maximum absolute atomic E-state index is 11.5. The first-order valence-electron chi connectivity index (χ1n) is 5.80. The Morgan fingerprint density at radius 1 is 1.40 bits per heavy atom. The number of hydrogen-bond donors (Lipinski definition) is 3. The lowest BCUT2D eigenvalue weighted by Gasteiger charge is -2.28. The van der Waals surface area contributed by atoms with Gasteiger partial charge in [0.05, 0.1) is 18.7 Å². The fraction of sp³-hybridized carbons (Fsp3) is 0.909. The van der Waals surface area contributed by atoms with Crippen molar-refractivity contribution in [1.82, 2.24) is 10.6 Å². The third kappa shape index (κ3) is 4.62. The van der Waals surface area contributed by atoms with Crippen molar-refractivity contribution in [3.05, 3.63) is 0 Å². The van der Waals surface area contributed by atoms with E-state index in [-0.39, 0.29) is 18.1 Å². The molecule has 0 unspecified atom stereocenters. The van der Waals surface area contributed by atoms with Crippen LogP contribution in [0.4, 0.5) is 0 Å². The summed E-state index contributed by atoms with van der Waals surface area (Å²) in [4.78, 5) is 11.5. The first-order chi connectivity index (χ1) is 7.09. The van der Waals surface area contributed by atoms with Gasteiger partial charge in [-0.1, -0.05) is 26.7 Å². The number of carbonyl (C=O) groups excluding carboxylic acids is 1. The number of hydrogen-bond acceptors (Lipinski definition) is 3. The normalized spacial score (nSPS) is 26.7. The fourth-order valence-corrected chi connectivity index (χ4v) is 1.83. The maximum Gasteiger partial charge on any atom is 0.234 e. The van der Waals surface area contributed by atoms with Gasteiger partial charge >= 0.3 is 0 Å². The molecule has 0 bridgehead atoms. The van der Waals surface area contributed by atoms with Crippen LogP contribution >= 0.6 is 0 Å². The monoisotopic (exact) mass is 214 g/mol. The molecule has 0 radical (unpaired) electrons. The number of amides is 1. The lowest BCUT2D eigenvalue weighted by Crippen LogP contribution is -2.48. The van der Waals surface area contributed by atoms with Gasteiger partial charge in [-0.05, 0) is 12.8 Å². The van der Waals surface area contributed by atoms with Crippen molar-refractivity contribution < 1.29 is 9.90 Å². The van der Waals surface area contributed by atoms with Crippen molar-refractivity contribution >= 4 is 5.91 Å². The van der Waals surface area contributed by atoms with E-state index >= 15 is 0 Å². The number of aliphatic hydroxyl groups excluding tert-OH is 1. The zero-order chi connectivity index (χ0) is 11.3. The summed E-state index contributed by atoms with van der Waals surface area (Å²) in [6, 6.07) is 0.271. The van der Waals surface area contributed by atoms with Gasteiger partial charge in [-0.25, -0.2) is 0 Å². The smallest absolute Gasteiger partial charge is 0.234 e. The standard InChI is InChI=1S/C11H22N2O2/c1-8(2)12-7-11(15)13-9-5-3-4-6-10(9)14/h8-10,12,14H,3-7H2,1-2H3,(H,13,15)/t9-,10-/m1/s1. The van der Waals surface area contributed by atoms with Crippen molar-refractivity contribution in [3.63, 3.8) is 0 Å². The molecule has 0 saturated heterocycles. The van der Waals surface area contributed by atoms with Crippen LogP contribution in [0.2, 0.25) is 0 Å². The highest BCUT2D eigenvalue weighted by atomic mass is 16.3. The Balaban J connectivity index is 2.24. The SMILES string of the molecule is CC(C)NCC(=O)N[C@@H]1CCCC[C@H]1O. The third-order valence-corrected chi connectivity index (χ3v) is 2.75. The zero-order valence-electron chi connectivity index (χ0n) is 9.62. The van der Waals surface area contributed by atoms with Crippen LogP contribution in [-0.4, -0.2) is 35.7 Å². The Kier molecular flexibility index (Phi) is 5.05. The van der Waals surface area contributed by atoms with E-state index in [0.29, 0.717) is 12.6 Å². The van der Waals surface area contributed by atoms with Crippen LogP contribution in [0.25, 0.3) is 0 Å². The summed E-state index contributed by atoms with van der Waals surface area (Å²) in [6.07, 6.45) is 3.51. The molecule has 4 heteroatoms. The highest BCUT2D eigenvalue weighted by Gasteiger charge is 2.24. The number of nitrogens with one attached hydrogen (secondary N) is 2. The van der Waals surface area contributed by atoms with E-state index in [9.17, 15) is 9.90 Å². The van der Waals surface area contributed by atoms with E-state index in [1.807, 2.05) is 13.8 Å². The van der Waals surface area contributed by atoms with Gasteiger partial charge in [0, 0.05) is 6.04 Å². The molecule has 0 aliphatic heterocycles. The fourth-order valence-electron chi connectivity index (χ4n) is 1.83. The van der Waals surface area contributed by atoms with Crippen molar-refractivity contribution in [2.75, 3.05) is 6.54 Å². The summed E-state index contributed by atoms with van der Waals surface area (Å²) < 4.78 is 0. The van der Waals surface area contributed by atoms with Crippen LogP contribution in [0.3, 0.4) is 0 Å². The molecule has 3 N–H and O–H groups in total. The molecule has 0 aromatic carbocycles. The summed E-state index contributed by atoms with van der Waals surface area (Å²) in [5.74, 6) is -0.0188. The molecule has 4 nitrogen and oxygen atoms in total. The third-order valence-electron chi connectivity index (χ3n) is 2.75. The number of aliphatic hydroxyl groups is 1. The molecule has 0 aromatic heterocycles. The minimum atomic E-state index is -0.359. The Bertz CT molecular complexity index is 207. The van der Waals surface area contributed by atoms with Crippen LogP contribution in [0.1, 0.15) is 39.5 Å². The molecular formula is C11H22N2O2. The van der Waals surface area contributed by atoms with Crippen LogP contribution < -0.4 is 10.6 Å². The second-order valence-corrected chi connectivity index (χ2v) is 4.56. The molecule has 15 heavy (non-hydrogen) atoms. The quantitative estimate of drug-likeness (QED) is 0.635. The molecule has 0 spiro atoms. The largest absolute Gasteiger partial charge is 0.391 e. The second kappa shape index (κ2) is 6.08. The lowest BCUT2D eigenvalue weighted by molar-refractivity contribution is -0.122. The summed E-state index contributed by atoms with van der Waals surface area (Å²) >= 11 is 0. The molecule has 1 amide bonds. The first kappa shape index (κ1) is 12.5. The molecule has 1 rings (SSSR count). The van der Waals surface area contributed by atoms with Crippen molar-refractivity contribution in [1.29, 1.82) is 0 Å².